The summed E-state index contributed by atoms with van der Waals surface area (Å²) in [6.45, 7) is 2.32. The van der Waals surface area contributed by atoms with E-state index in [1.165, 1.54) is 54.6 Å². The number of hydrogen-bond donors (Lipinski definition) is 0. The van der Waals surface area contributed by atoms with Gasteiger partial charge in [-0.2, -0.15) is 0 Å². The quantitative estimate of drug-likeness (QED) is 0.179. The van der Waals surface area contributed by atoms with E-state index in [0.717, 1.165) is 72.7 Å². The lowest BCUT2D eigenvalue weighted by molar-refractivity contribution is 0.668. The van der Waals surface area contributed by atoms with Crippen molar-refractivity contribution in [2.24, 2.45) is 0 Å². The van der Waals surface area contributed by atoms with Gasteiger partial charge in [-0.15, -0.1) is 0 Å². The van der Waals surface area contributed by atoms with Gasteiger partial charge >= 0.3 is 0 Å². The molecule has 0 amide bonds. The number of fused-ring (bicyclic) bond motifs is 12. The summed E-state index contributed by atoms with van der Waals surface area (Å²) in [5.41, 5.74) is 14.0. The fourth-order valence-corrected chi connectivity index (χ4v) is 10.2. The number of benzene rings is 9. The van der Waals surface area contributed by atoms with Crippen molar-refractivity contribution in [3.63, 3.8) is 0 Å². The van der Waals surface area contributed by atoms with E-state index >= 15 is 0 Å². The van der Waals surface area contributed by atoms with Crippen molar-refractivity contribution in [2.45, 2.75) is 19.3 Å². The van der Waals surface area contributed by atoms with Crippen molar-refractivity contribution in [2.75, 3.05) is 0 Å². The minimum Gasteiger partial charge on any atom is -0.456 e. The minimum atomic E-state index is 0.428. The van der Waals surface area contributed by atoms with Crippen LogP contribution in [0.25, 0.3) is 122 Å². The van der Waals surface area contributed by atoms with Crippen LogP contribution in [0.5, 0.6) is 0 Å². The molecule has 1 aliphatic carbocycles. The molecule has 1 aliphatic rings. The first-order chi connectivity index (χ1) is 30.2. The Morgan fingerprint density at radius 3 is 2.11 bits per heavy atom. The van der Waals surface area contributed by atoms with Gasteiger partial charge in [0.2, 0.25) is 5.95 Å². The van der Waals surface area contributed by atoms with Crippen molar-refractivity contribution in [1.29, 1.82) is 0 Å². The Balaban J connectivity index is 1.05. The van der Waals surface area contributed by atoms with Crippen LogP contribution < -0.4 is 0 Å². The number of allylic oxidation sites excluding steroid dienone is 1. The Kier molecular flexibility index (Phi) is 7.31. The molecule has 13 rings (SSSR count). The Hall–Kier alpha value is -7.82. The number of hydrogen-bond acceptors (Lipinski definition) is 3. The van der Waals surface area contributed by atoms with Crippen molar-refractivity contribution in [3.05, 3.63) is 193 Å². The van der Waals surface area contributed by atoms with Crippen molar-refractivity contribution >= 4 is 82.3 Å². The second-order valence-corrected chi connectivity index (χ2v) is 16.5. The van der Waals surface area contributed by atoms with Gasteiger partial charge in [-0.05, 0) is 92.0 Å². The lowest BCUT2D eigenvalue weighted by atomic mass is 9.85. The molecule has 4 heteroatoms. The Bertz CT molecular complexity index is 3810. The summed E-state index contributed by atoms with van der Waals surface area (Å²) in [6, 6.07) is 63.2. The predicted octanol–water partition coefficient (Wildman–Crippen LogP) is 15.5. The van der Waals surface area contributed by atoms with Crippen molar-refractivity contribution < 1.29 is 4.42 Å². The van der Waals surface area contributed by atoms with Crippen LogP contribution in [0.1, 0.15) is 30.4 Å². The van der Waals surface area contributed by atoms with E-state index in [1.54, 1.807) is 0 Å². The van der Waals surface area contributed by atoms with Gasteiger partial charge < -0.3 is 4.42 Å². The summed E-state index contributed by atoms with van der Waals surface area (Å²) in [5, 5.41) is 10.6. The normalized spacial score (nSPS) is 14.0. The zero-order valence-corrected chi connectivity index (χ0v) is 33.4. The Morgan fingerprint density at radius 1 is 0.525 bits per heavy atom. The standard InChI is InChI=1S/C57H37N3O/c1-34-11-8-15-38-29-32-50-54(52(34)38)46-30-27-40(33-51(46)61-50)44-20-10-21-47-53-43-17-5-3-13-36(43)28-31-49(53)60(56(44)47)57-58-48-22-7-6-18-45(48)55(59-57)39-25-23-37(24-26-39)42-19-9-14-35-12-2-4-16-41(35)42/h2-10,12-34H,11H2,1H3. The number of para-hydroxylation sites is 2. The molecule has 0 saturated carbocycles. The van der Waals surface area contributed by atoms with Gasteiger partial charge in [0.15, 0.2) is 0 Å². The van der Waals surface area contributed by atoms with Gasteiger partial charge in [-0.1, -0.05) is 165 Å². The fraction of sp³-hybridized carbons (Fsp3) is 0.0526. The lowest BCUT2D eigenvalue weighted by Gasteiger charge is -2.18. The predicted molar refractivity (Wildman–Crippen MR) is 255 cm³/mol. The zero-order chi connectivity index (χ0) is 40.2. The number of furan rings is 1. The summed E-state index contributed by atoms with van der Waals surface area (Å²) in [5.74, 6) is 1.06. The topological polar surface area (TPSA) is 43.9 Å². The molecular weight excluding hydrogens is 743 g/mol. The van der Waals surface area contributed by atoms with Gasteiger partial charge in [-0.3, -0.25) is 4.57 Å². The van der Waals surface area contributed by atoms with E-state index in [4.69, 9.17) is 14.4 Å². The van der Waals surface area contributed by atoms with E-state index in [-0.39, 0.29) is 0 Å². The summed E-state index contributed by atoms with van der Waals surface area (Å²) >= 11 is 0. The molecule has 286 valence electrons. The smallest absolute Gasteiger partial charge is 0.235 e. The zero-order valence-electron chi connectivity index (χ0n) is 33.4. The molecule has 0 spiro atoms. The van der Waals surface area contributed by atoms with Crippen LogP contribution in [0.4, 0.5) is 0 Å². The van der Waals surface area contributed by atoms with E-state index in [9.17, 15) is 0 Å². The molecule has 61 heavy (non-hydrogen) atoms. The summed E-state index contributed by atoms with van der Waals surface area (Å²) in [6.07, 6.45) is 5.58. The molecule has 0 N–H and O–H groups in total. The second-order valence-electron chi connectivity index (χ2n) is 16.5. The molecule has 4 nitrogen and oxygen atoms in total. The molecule has 0 radical (unpaired) electrons. The first-order valence-electron chi connectivity index (χ1n) is 21.1. The van der Waals surface area contributed by atoms with Crippen LogP contribution in [0.15, 0.2) is 186 Å². The van der Waals surface area contributed by atoms with E-state index < -0.39 is 0 Å². The van der Waals surface area contributed by atoms with Gasteiger partial charge in [-0.25, -0.2) is 9.97 Å². The third-order valence-electron chi connectivity index (χ3n) is 13.0. The molecule has 3 heterocycles. The summed E-state index contributed by atoms with van der Waals surface area (Å²) in [7, 11) is 0. The first kappa shape index (κ1) is 34.1. The highest BCUT2D eigenvalue weighted by atomic mass is 16.3. The van der Waals surface area contributed by atoms with E-state index in [2.05, 4.69) is 200 Å². The van der Waals surface area contributed by atoms with Crippen LogP contribution in [-0.4, -0.2) is 14.5 Å². The van der Waals surface area contributed by atoms with Gasteiger partial charge in [0, 0.05) is 38.1 Å². The van der Waals surface area contributed by atoms with Crippen LogP contribution in [0.3, 0.4) is 0 Å². The van der Waals surface area contributed by atoms with Crippen molar-refractivity contribution in [1.82, 2.24) is 14.5 Å². The highest BCUT2D eigenvalue weighted by Crippen LogP contribution is 2.45. The van der Waals surface area contributed by atoms with E-state index in [0.29, 0.717) is 11.9 Å². The highest BCUT2D eigenvalue weighted by molar-refractivity contribution is 6.23. The summed E-state index contributed by atoms with van der Waals surface area (Å²) < 4.78 is 8.98. The lowest BCUT2D eigenvalue weighted by Crippen LogP contribution is -2.04. The van der Waals surface area contributed by atoms with Crippen LogP contribution >= 0.6 is 0 Å². The molecule has 0 fully saturated rings. The largest absolute Gasteiger partial charge is 0.456 e. The third-order valence-corrected chi connectivity index (χ3v) is 13.0. The van der Waals surface area contributed by atoms with Crippen LogP contribution in [0, 0.1) is 0 Å². The van der Waals surface area contributed by atoms with Gasteiger partial charge in [0.25, 0.3) is 0 Å². The Labute approximate surface area is 351 Å². The van der Waals surface area contributed by atoms with E-state index in [1.807, 2.05) is 0 Å². The molecule has 0 aliphatic heterocycles. The monoisotopic (exact) mass is 779 g/mol. The maximum atomic E-state index is 6.69. The number of rotatable bonds is 4. The third kappa shape index (κ3) is 5.12. The van der Waals surface area contributed by atoms with Gasteiger partial charge in [0.05, 0.1) is 22.2 Å². The SMILES string of the molecule is CC1CC=Cc2ccc3oc4cc(-c5cccc6c7c8ccccc8ccc7n(-c7nc(-c8ccc(-c9cccc%10ccccc9%10)cc8)c8ccccc8n7)c56)ccc4c3c21. The molecule has 3 aromatic heterocycles. The first-order valence-corrected chi connectivity index (χ1v) is 21.1. The molecule has 0 saturated heterocycles. The molecule has 1 unspecified atom stereocenters. The molecule has 0 bridgehead atoms. The van der Waals surface area contributed by atoms with Gasteiger partial charge in [0.1, 0.15) is 11.2 Å². The maximum absolute atomic E-state index is 6.69. The molecule has 12 aromatic rings. The molecular formula is C57H37N3O. The number of nitrogens with zero attached hydrogens (tertiary/aromatic N) is 3. The highest BCUT2D eigenvalue weighted by Gasteiger charge is 2.24. The average molecular weight is 780 g/mol. The second kappa shape index (κ2) is 13.1. The molecule has 9 aromatic carbocycles. The van der Waals surface area contributed by atoms with Crippen LogP contribution in [-0.2, 0) is 0 Å². The average Bonchev–Trinajstić information content (AvgIpc) is 3.87. The van der Waals surface area contributed by atoms with Crippen molar-refractivity contribution in [3.8, 4) is 39.5 Å². The summed E-state index contributed by atoms with van der Waals surface area (Å²) in [4.78, 5) is 10.9. The fourth-order valence-electron chi connectivity index (χ4n) is 10.2. The maximum Gasteiger partial charge on any atom is 0.235 e. The van der Waals surface area contributed by atoms with Crippen LogP contribution in [0.2, 0.25) is 0 Å². The minimum absolute atomic E-state index is 0.428. The molecule has 1 atom stereocenters. The number of aromatic nitrogens is 3. The Morgan fingerprint density at radius 2 is 1.23 bits per heavy atom.